The Kier molecular flexibility index (Phi) is 4.73. The Hall–Kier alpha value is -1.27. The van der Waals surface area contributed by atoms with E-state index in [4.69, 9.17) is 0 Å². The molecule has 124 valence electrons. The van der Waals surface area contributed by atoms with Gasteiger partial charge in [-0.3, -0.25) is 4.55 Å². The molecule has 1 aromatic carbocycles. The van der Waals surface area contributed by atoms with Crippen LogP contribution in [0.1, 0.15) is 51.5 Å². The molecule has 22 heavy (non-hydrogen) atoms. The van der Waals surface area contributed by atoms with Crippen molar-refractivity contribution in [1.29, 1.82) is 0 Å². The van der Waals surface area contributed by atoms with Crippen molar-refractivity contribution < 1.29 is 18.1 Å². The first-order valence-corrected chi connectivity index (χ1v) is 9.30. The highest BCUT2D eigenvalue weighted by Crippen LogP contribution is 2.45. The molecule has 6 heteroatoms. The van der Waals surface area contributed by atoms with Crippen LogP contribution in [-0.2, 0) is 10.1 Å². The molecule has 1 aliphatic rings. The summed E-state index contributed by atoms with van der Waals surface area (Å²) >= 11 is 0. The van der Waals surface area contributed by atoms with Gasteiger partial charge in [0, 0.05) is 29.8 Å². The first-order valence-electron chi connectivity index (χ1n) is 7.70. The first-order chi connectivity index (χ1) is 10.1. The van der Waals surface area contributed by atoms with Gasteiger partial charge in [-0.05, 0) is 38.3 Å². The normalized spacial score (nSPS) is 20.7. The number of hydrogen-bond acceptors (Lipinski definition) is 4. The van der Waals surface area contributed by atoms with E-state index in [0.29, 0.717) is 6.42 Å². The molecule has 1 aromatic rings. The minimum atomic E-state index is -4.04. The number of phenolic OH excluding ortho intramolecular Hbond substituents is 1. The van der Waals surface area contributed by atoms with Crippen LogP contribution in [0.3, 0.4) is 0 Å². The van der Waals surface area contributed by atoms with Crippen LogP contribution in [0.2, 0.25) is 0 Å². The van der Waals surface area contributed by atoms with E-state index in [1.807, 2.05) is 0 Å². The molecule has 0 saturated heterocycles. The van der Waals surface area contributed by atoms with E-state index < -0.39 is 10.1 Å². The van der Waals surface area contributed by atoms with Crippen molar-refractivity contribution in [2.45, 2.75) is 51.5 Å². The summed E-state index contributed by atoms with van der Waals surface area (Å²) in [6.45, 7) is 7.14. The molecule has 1 aliphatic heterocycles. The lowest BCUT2D eigenvalue weighted by molar-refractivity contribution is 0.368. The highest BCUT2D eigenvalue weighted by Gasteiger charge is 2.39. The third-order valence-electron chi connectivity index (χ3n) is 4.37. The number of phenols is 1. The van der Waals surface area contributed by atoms with Crippen LogP contribution in [0.25, 0.3) is 0 Å². The van der Waals surface area contributed by atoms with E-state index in [9.17, 15) is 18.1 Å². The number of rotatable bonds is 5. The maximum absolute atomic E-state index is 11.3. The van der Waals surface area contributed by atoms with E-state index in [2.05, 4.69) is 25.7 Å². The second-order valence-corrected chi connectivity index (χ2v) is 8.21. The Bertz CT molecular complexity index is 640. The van der Waals surface area contributed by atoms with Gasteiger partial charge in [-0.2, -0.15) is 8.42 Å². The average molecular weight is 327 g/mol. The van der Waals surface area contributed by atoms with Gasteiger partial charge in [0.05, 0.1) is 5.75 Å². The number of nitrogens with zero attached hydrogens (tertiary/aromatic N) is 1. The summed E-state index contributed by atoms with van der Waals surface area (Å²) in [7, 11) is -4.04. The van der Waals surface area contributed by atoms with Crippen molar-refractivity contribution >= 4 is 15.8 Å². The number of aromatic hydroxyl groups is 1. The van der Waals surface area contributed by atoms with Gasteiger partial charge in [-0.15, -0.1) is 0 Å². The molecule has 2 N–H and O–H groups in total. The van der Waals surface area contributed by atoms with Crippen molar-refractivity contribution in [3.63, 3.8) is 0 Å². The van der Waals surface area contributed by atoms with Gasteiger partial charge in [-0.1, -0.05) is 19.4 Å². The Morgan fingerprint density at radius 3 is 2.64 bits per heavy atom. The predicted molar refractivity (Wildman–Crippen MR) is 88.2 cm³/mol. The van der Waals surface area contributed by atoms with Crippen LogP contribution in [0.15, 0.2) is 18.2 Å². The zero-order chi connectivity index (χ0) is 16.5. The second kappa shape index (κ2) is 6.08. The maximum Gasteiger partial charge on any atom is 0.265 e. The number of anilines is 1. The van der Waals surface area contributed by atoms with E-state index in [0.717, 1.165) is 30.6 Å². The van der Waals surface area contributed by atoms with Crippen molar-refractivity contribution in [2.75, 3.05) is 17.2 Å². The fourth-order valence-electron chi connectivity index (χ4n) is 3.40. The molecule has 1 atom stereocenters. The standard InChI is InChI=1S/C16H25NO4S/c1-4-5-8-17-15-9-13(18)6-7-14(15)12(10-16(17,2)3)11-22(19,20)21/h6-7,9,12,18H,4-5,8,10-11H2,1-3H3,(H,19,20,21). The number of hydrogen-bond donors (Lipinski definition) is 2. The van der Waals surface area contributed by atoms with Crippen molar-refractivity contribution in [1.82, 2.24) is 0 Å². The van der Waals surface area contributed by atoms with E-state index >= 15 is 0 Å². The molecule has 5 nitrogen and oxygen atoms in total. The van der Waals surface area contributed by atoms with Gasteiger partial charge < -0.3 is 10.0 Å². The maximum atomic E-state index is 11.3. The lowest BCUT2D eigenvalue weighted by Crippen LogP contribution is -2.49. The summed E-state index contributed by atoms with van der Waals surface area (Å²) in [6, 6.07) is 5.05. The van der Waals surface area contributed by atoms with Crippen LogP contribution in [-0.4, -0.2) is 35.9 Å². The molecule has 0 aliphatic carbocycles. The van der Waals surface area contributed by atoms with Gasteiger partial charge in [0.2, 0.25) is 0 Å². The smallest absolute Gasteiger partial charge is 0.265 e. The summed E-state index contributed by atoms with van der Waals surface area (Å²) in [5.41, 5.74) is 1.52. The monoisotopic (exact) mass is 327 g/mol. The minimum Gasteiger partial charge on any atom is -0.508 e. The summed E-state index contributed by atoms with van der Waals surface area (Å²) < 4.78 is 31.9. The molecule has 2 rings (SSSR count). The molecular formula is C16H25NO4S. The number of benzene rings is 1. The quantitative estimate of drug-likeness (QED) is 0.812. The highest BCUT2D eigenvalue weighted by molar-refractivity contribution is 7.85. The largest absolute Gasteiger partial charge is 0.508 e. The first kappa shape index (κ1) is 17.1. The van der Waals surface area contributed by atoms with Gasteiger partial charge in [0.1, 0.15) is 5.75 Å². The van der Waals surface area contributed by atoms with E-state index in [1.54, 1.807) is 18.2 Å². The van der Waals surface area contributed by atoms with Gasteiger partial charge in [0.25, 0.3) is 10.1 Å². The number of unbranched alkanes of at least 4 members (excludes halogenated alkanes) is 1. The fourth-order valence-corrected chi connectivity index (χ4v) is 4.21. The molecule has 1 unspecified atom stereocenters. The van der Waals surface area contributed by atoms with Crippen molar-refractivity contribution in [2.24, 2.45) is 0 Å². The zero-order valence-electron chi connectivity index (χ0n) is 13.4. The highest BCUT2D eigenvalue weighted by atomic mass is 32.2. The van der Waals surface area contributed by atoms with Crippen LogP contribution < -0.4 is 4.90 Å². The van der Waals surface area contributed by atoms with E-state index in [1.165, 1.54) is 0 Å². The van der Waals surface area contributed by atoms with E-state index in [-0.39, 0.29) is 23.0 Å². The van der Waals surface area contributed by atoms with Crippen molar-refractivity contribution in [3.05, 3.63) is 23.8 Å². The Morgan fingerprint density at radius 2 is 2.05 bits per heavy atom. The SMILES string of the molecule is CCCCN1c2cc(O)ccc2C(CS(=O)(=O)O)CC1(C)C. The molecule has 1 heterocycles. The molecule has 0 fully saturated rings. The summed E-state index contributed by atoms with van der Waals surface area (Å²) in [4.78, 5) is 2.24. The van der Waals surface area contributed by atoms with Crippen LogP contribution >= 0.6 is 0 Å². The lowest BCUT2D eigenvalue weighted by Gasteiger charge is -2.48. The summed E-state index contributed by atoms with van der Waals surface area (Å²) in [5, 5.41) is 9.83. The average Bonchev–Trinajstić information content (AvgIpc) is 2.35. The van der Waals surface area contributed by atoms with Gasteiger partial charge in [-0.25, -0.2) is 0 Å². The van der Waals surface area contributed by atoms with Crippen molar-refractivity contribution in [3.8, 4) is 5.75 Å². The second-order valence-electron chi connectivity index (χ2n) is 6.71. The predicted octanol–water partition coefficient (Wildman–Crippen LogP) is 3.15. The molecule has 0 spiro atoms. The lowest BCUT2D eigenvalue weighted by atomic mass is 9.79. The van der Waals surface area contributed by atoms with Crippen LogP contribution in [0.4, 0.5) is 5.69 Å². The zero-order valence-corrected chi connectivity index (χ0v) is 14.2. The fraction of sp³-hybridized carbons (Fsp3) is 0.625. The van der Waals surface area contributed by atoms with Gasteiger partial charge >= 0.3 is 0 Å². The topological polar surface area (TPSA) is 77.8 Å². The molecule has 0 aromatic heterocycles. The summed E-state index contributed by atoms with van der Waals surface area (Å²) in [5.74, 6) is -0.377. The molecule has 0 bridgehead atoms. The summed E-state index contributed by atoms with van der Waals surface area (Å²) in [6.07, 6.45) is 2.74. The van der Waals surface area contributed by atoms with Crippen LogP contribution in [0, 0.1) is 0 Å². The molecule has 0 radical (unpaired) electrons. The van der Waals surface area contributed by atoms with Crippen LogP contribution in [0.5, 0.6) is 5.75 Å². The molecular weight excluding hydrogens is 302 g/mol. The Labute approximate surface area is 132 Å². The Balaban J connectivity index is 2.48. The third-order valence-corrected chi connectivity index (χ3v) is 5.19. The Morgan fingerprint density at radius 1 is 1.36 bits per heavy atom. The third kappa shape index (κ3) is 3.73. The van der Waals surface area contributed by atoms with Gasteiger partial charge in [0.15, 0.2) is 0 Å². The molecule has 0 saturated carbocycles. The minimum absolute atomic E-state index is 0.170. The number of fused-ring (bicyclic) bond motifs is 1. The molecule has 0 amide bonds.